The molecule has 7 N–H and O–H groups in total. The van der Waals surface area contributed by atoms with Gasteiger partial charge in [0.25, 0.3) is 11.8 Å². The predicted octanol–water partition coefficient (Wildman–Crippen LogP) is 0.535. The first-order valence-electron chi connectivity index (χ1n) is 5.65. The van der Waals surface area contributed by atoms with Crippen LogP contribution in [0.15, 0.2) is 24.5 Å². The van der Waals surface area contributed by atoms with Crippen molar-refractivity contribution in [1.29, 1.82) is 0 Å². The lowest BCUT2D eigenvalue weighted by Gasteiger charge is -2.05. The molecule has 0 aliphatic heterocycles. The number of carbonyl (C=O) groups excluding carboxylic acids is 2. The molecule has 7 nitrogen and oxygen atoms in total. The van der Waals surface area contributed by atoms with Crippen molar-refractivity contribution in [1.82, 2.24) is 4.98 Å². The van der Waals surface area contributed by atoms with Crippen LogP contribution in [0.4, 0.5) is 10.7 Å². The highest BCUT2D eigenvalue weighted by Crippen LogP contribution is 2.35. The number of hydrogen-bond acceptors (Lipinski definition) is 6. The van der Waals surface area contributed by atoms with Gasteiger partial charge in [0.1, 0.15) is 9.88 Å². The molecule has 2 amide bonds. The van der Waals surface area contributed by atoms with E-state index in [4.69, 9.17) is 17.2 Å². The van der Waals surface area contributed by atoms with Crippen molar-refractivity contribution in [2.45, 2.75) is 6.54 Å². The number of pyridine rings is 1. The van der Waals surface area contributed by atoms with Gasteiger partial charge < -0.3 is 22.5 Å². The highest BCUT2D eigenvalue weighted by Gasteiger charge is 2.22. The molecule has 0 aromatic carbocycles. The molecule has 0 spiro atoms. The van der Waals surface area contributed by atoms with E-state index < -0.39 is 11.8 Å². The van der Waals surface area contributed by atoms with Crippen molar-refractivity contribution >= 4 is 33.8 Å². The second-order valence-corrected chi connectivity index (χ2v) is 5.01. The zero-order chi connectivity index (χ0) is 14.7. The van der Waals surface area contributed by atoms with E-state index in [1.54, 1.807) is 12.4 Å². The van der Waals surface area contributed by atoms with Gasteiger partial charge in [-0.2, -0.15) is 0 Å². The second kappa shape index (κ2) is 5.57. The van der Waals surface area contributed by atoms with Crippen LogP contribution in [0.1, 0.15) is 25.6 Å². The van der Waals surface area contributed by atoms with Gasteiger partial charge in [-0.25, -0.2) is 0 Å². The highest BCUT2D eigenvalue weighted by molar-refractivity contribution is 7.19. The molecule has 2 aromatic rings. The van der Waals surface area contributed by atoms with E-state index in [0.717, 1.165) is 16.9 Å². The number of carbonyl (C=O) groups is 2. The van der Waals surface area contributed by atoms with Crippen LogP contribution in [0.5, 0.6) is 0 Å². The van der Waals surface area contributed by atoms with Gasteiger partial charge in [-0.05, 0) is 17.7 Å². The Labute approximate surface area is 118 Å². The Morgan fingerprint density at radius 1 is 1.20 bits per heavy atom. The van der Waals surface area contributed by atoms with Crippen LogP contribution in [-0.4, -0.2) is 16.8 Å². The van der Waals surface area contributed by atoms with Crippen LogP contribution >= 0.6 is 11.3 Å². The Balaban J connectivity index is 2.29. The fourth-order valence-corrected chi connectivity index (χ4v) is 2.65. The van der Waals surface area contributed by atoms with Crippen molar-refractivity contribution in [3.63, 3.8) is 0 Å². The van der Waals surface area contributed by atoms with Gasteiger partial charge in [0.15, 0.2) is 0 Å². The molecular formula is C12H13N5O2S. The number of primary amides is 2. The van der Waals surface area contributed by atoms with E-state index in [0.29, 0.717) is 11.5 Å². The number of nitrogens with two attached hydrogens (primary N) is 3. The zero-order valence-electron chi connectivity index (χ0n) is 10.4. The number of anilines is 2. The molecule has 0 radical (unpaired) electrons. The first kappa shape index (κ1) is 13.8. The highest BCUT2D eigenvalue weighted by atomic mass is 32.1. The van der Waals surface area contributed by atoms with Gasteiger partial charge in [-0.1, -0.05) is 0 Å². The molecule has 104 valence electrons. The Morgan fingerprint density at radius 3 is 2.40 bits per heavy atom. The van der Waals surface area contributed by atoms with Crippen molar-refractivity contribution in [2.24, 2.45) is 11.5 Å². The monoisotopic (exact) mass is 291 g/mol. The SMILES string of the molecule is NC(=O)c1sc(NCc2ccncc2)c(C(N)=O)c1N. The second-order valence-electron chi connectivity index (χ2n) is 3.99. The molecule has 0 bridgehead atoms. The number of aromatic nitrogens is 1. The summed E-state index contributed by atoms with van der Waals surface area (Å²) in [6, 6.07) is 3.64. The normalized spacial score (nSPS) is 10.2. The Kier molecular flexibility index (Phi) is 3.85. The summed E-state index contributed by atoms with van der Waals surface area (Å²) in [5.74, 6) is -1.39. The summed E-state index contributed by atoms with van der Waals surface area (Å²) < 4.78 is 0. The first-order chi connectivity index (χ1) is 9.50. The van der Waals surface area contributed by atoms with Crippen LogP contribution in [0.25, 0.3) is 0 Å². The average molecular weight is 291 g/mol. The minimum absolute atomic E-state index is 0.0206. The number of thiophene rings is 1. The summed E-state index contributed by atoms with van der Waals surface area (Å²) in [6.07, 6.45) is 3.31. The number of nitrogens with one attached hydrogen (secondary N) is 1. The standard InChI is InChI=1S/C12H13N5O2S/c13-8-7(10(14)18)12(20-9(8)11(15)19)17-5-6-1-3-16-4-2-6/h1-4,17H,5,13H2,(H2,14,18)(H2,15,19). The Hall–Kier alpha value is -2.61. The van der Waals surface area contributed by atoms with Gasteiger partial charge >= 0.3 is 0 Å². The molecule has 2 rings (SSSR count). The zero-order valence-corrected chi connectivity index (χ0v) is 11.2. The average Bonchev–Trinajstić information content (AvgIpc) is 2.75. The Bertz CT molecular complexity index is 653. The first-order valence-corrected chi connectivity index (χ1v) is 6.47. The molecule has 2 heterocycles. The summed E-state index contributed by atoms with van der Waals surface area (Å²) in [5, 5.41) is 3.46. The minimum Gasteiger partial charge on any atom is -0.397 e. The van der Waals surface area contributed by atoms with Gasteiger partial charge in [0.05, 0.1) is 11.3 Å². The summed E-state index contributed by atoms with van der Waals surface area (Å²) >= 11 is 1.01. The van der Waals surface area contributed by atoms with E-state index >= 15 is 0 Å². The maximum absolute atomic E-state index is 11.4. The van der Waals surface area contributed by atoms with E-state index in [1.165, 1.54) is 0 Å². The molecule has 20 heavy (non-hydrogen) atoms. The van der Waals surface area contributed by atoms with Gasteiger partial charge in [0.2, 0.25) is 0 Å². The predicted molar refractivity (Wildman–Crippen MR) is 77.3 cm³/mol. The van der Waals surface area contributed by atoms with Gasteiger partial charge in [-0.3, -0.25) is 14.6 Å². The van der Waals surface area contributed by atoms with Crippen molar-refractivity contribution in [3.05, 3.63) is 40.5 Å². The maximum atomic E-state index is 11.4. The summed E-state index contributed by atoms with van der Waals surface area (Å²) in [7, 11) is 0. The fraction of sp³-hybridized carbons (Fsp3) is 0.0833. The van der Waals surface area contributed by atoms with Gasteiger partial charge in [0, 0.05) is 18.9 Å². The fourth-order valence-electron chi connectivity index (χ4n) is 1.68. The number of hydrogen-bond donors (Lipinski definition) is 4. The molecular weight excluding hydrogens is 278 g/mol. The largest absolute Gasteiger partial charge is 0.397 e. The van der Waals surface area contributed by atoms with Crippen molar-refractivity contribution in [3.8, 4) is 0 Å². The number of amides is 2. The van der Waals surface area contributed by atoms with E-state index in [-0.39, 0.29) is 16.1 Å². The van der Waals surface area contributed by atoms with Gasteiger partial charge in [-0.15, -0.1) is 11.3 Å². The van der Waals surface area contributed by atoms with Crippen LogP contribution in [-0.2, 0) is 6.54 Å². The summed E-state index contributed by atoms with van der Waals surface area (Å²) in [4.78, 5) is 26.7. The topological polar surface area (TPSA) is 137 Å². The van der Waals surface area contributed by atoms with E-state index in [2.05, 4.69) is 10.3 Å². The molecule has 8 heteroatoms. The van der Waals surface area contributed by atoms with Crippen LogP contribution in [0.2, 0.25) is 0 Å². The van der Waals surface area contributed by atoms with Crippen LogP contribution < -0.4 is 22.5 Å². The Morgan fingerprint density at radius 2 is 1.85 bits per heavy atom. The molecule has 0 saturated carbocycles. The number of nitrogen functional groups attached to an aromatic ring is 1. The summed E-state index contributed by atoms with van der Waals surface area (Å²) in [5.41, 5.74) is 17.3. The van der Waals surface area contributed by atoms with E-state index in [9.17, 15) is 9.59 Å². The molecule has 0 fully saturated rings. The summed E-state index contributed by atoms with van der Waals surface area (Å²) in [6.45, 7) is 0.445. The molecule has 0 aliphatic rings. The van der Waals surface area contributed by atoms with Crippen molar-refractivity contribution in [2.75, 3.05) is 11.1 Å². The maximum Gasteiger partial charge on any atom is 0.260 e. The van der Waals surface area contributed by atoms with Crippen LogP contribution in [0, 0.1) is 0 Å². The lowest BCUT2D eigenvalue weighted by molar-refractivity contribution is 0.0999. The van der Waals surface area contributed by atoms with Crippen molar-refractivity contribution < 1.29 is 9.59 Å². The quantitative estimate of drug-likeness (QED) is 0.637. The van der Waals surface area contributed by atoms with E-state index in [1.807, 2.05) is 12.1 Å². The number of nitrogens with zero attached hydrogens (tertiary/aromatic N) is 1. The number of rotatable bonds is 5. The van der Waals surface area contributed by atoms with Crippen LogP contribution in [0.3, 0.4) is 0 Å². The molecule has 2 aromatic heterocycles. The third kappa shape index (κ3) is 2.69. The third-order valence-electron chi connectivity index (χ3n) is 2.62. The molecule has 0 unspecified atom stereocenters. The smallest absolute Gasteiger partial charge is 0.260 e. The third-order valence-corrected chi connectivity index (χ3v) is 3.80. The minimum atomic E-state index is -0.705. The lowest BCUT2D eigenvalue weighted by Crippen LogP contribution is -2.16. The molecule has 0 atom stereocenters. The molecule has 0 saturated heterocycles. The molecule has 0 aliphatic carbocycles. The lowest BCUT2D eigenvalue weighted by atomic mass is 10.2.